The number of carbonyl (C=O) groups excluding carboxylic acids is 1. The number of nitrogens with one attached hydrogen (secondary N) is 2. The zero-order valence-electron chi connectivity index (χ0n) is 22.2. The summed E-state index contributed by atoms with van der Waals surface area (Å²) in [4.78, 5) is 14.8. The summed E-state index contributed by atoms with van der Waals surface area (Å²) >= 11 is 1.13. The Kier molecular flexibility index (Phi) is 8.14. The maximum Gasteiger partial charge on any atom is 0.393 e. The van der Waals surface area contributed by atoms with Gasteiger partial charge < -0.3 is 21.3 Å². The lowest BCUT2D eigenvalue weighted by Crippen LogP contribution is -2.46. The number of alkyl halides is 4. The molecule has 0 radical (unpaired) electrons. The van der Waals surface area contributed by atoms with Crippen LogP contribution < -0.4 is 16.4 Å². The molecular weight excluding hydrogens is 532 g/mol. The fourth-order valence-electron chi connectivity index (χ4n) is 4.59. The molecule has 210 valence electrons. The van der Waals surface area contributed by atoms with Gasteiger partial charge in [-0.2, -0.15) is 18.3 Å². The van der Waals surface area contributed by atoms with Gasteiger partial charge in [0.1, 0.15) is 17.6 Å². The Morgan fingerprint density at radius 3 is 2.67 bits per heavy atom. The molecular formula is C27H32F4N6OS. The van der Waals surface area contributed by atoms with E-state index >= 15 is 0 Å². The number of nitrogen functional groups attached to an aromatic ring is 1. The number of fused-ring (bicyclic) bond motifs is 1. The first-order valence-corrected chi connectivity index (χ1v) is 13.4. The molecule has 4 rings (SSSR count). The Morgan fingerprint density at radius 2 is 2.03 bits per heavy atom. The minimum absolute atomic E-state index is 0.0702. The Balaban J connectivity index is 1.57. The highest BCUT2D eigenvalue weighted by molar-refractivity contribution is 7.20. The molecule has 1 aliphatic rings. The van der Waals surface area contributed by atoms with Crippen molar-refractivity contribution in [1.82, 2.24) is 20.0 Å². The van der Waals surface area contributed by atoms with E-state index in [-0.39, 0.29) is 28.4 Å². The summed E-state index contributed by atoms with van der Waals surface area (Å²) in [6.07, 6.45) is -4.72. The average Bonchev–Trinajstić information content (AvgIpc) is 3.38. The molecule has 1 aromatic carbocycles. The third kappa shape index (κ3) is 6.65. The molecule has 7 nitrogen and oxygen atoms in total. The van der Waals surface area contributed by atoms with Crippen molar-refractivity contribution in [3.63, 3.8) is 0 Å². The van der Waals surface area contributed by atoms with Crippen LogP contribution in [0.3, 0.4) is 0 Å². The summed E-state index contributed by atoms with van der Waals surface area (Å²) in [5.41, 5.74) is 6.51. The molecule has 39 heavy (non-hydrogen) atoms. The average molecular weight is 565 g/mol. The van der Waals surface area contributed by atoms with Gasteiger partial charge in [-0.1, -0.05) is 24.0 Å². The third-order valence-electron chi connectivity index (χ3n) is 6.51. The number of anilines is 2. The van der Waals surface area contributed by atoms with E-state index in [0.29, 0.717) is 28.7 Å². The van der Waals surface area contributed by atoms with Crippen LogP contribution in [0.5, 0.6) is 0 Å². The van der Waals surface area contributed by atoms with Crippen molar-refractivity contribution < 1.29 is 22.4 Å². The number of likely N-dealkylation sites (tertiary alicyclic amines) is 1. The standard InChI is InChI=1S/C27H32F4N6OS/c1-26(2,3)37-24(32)18(14-34-37)25(38)33-11-6-9-22-17(13-27(29,30)31)16-7-5-8-21(23(16)39-22)35-20-10-12-36(4)15-19(20)28/h5,7-8,14,19-20,35H,10-13,15,32H2,1-4H3,(H,33,38)/t19-,20+/m0/s1. The second-order valence-electron chi connectivity index (χ2n) is 10.7. The molecule has 2 aromatic heterocycles. The summed E-state index contributed by atoms with van der Waals surface area (Å²) in [5.74, 6) is 5.32. The molecule has 1 fully saturated rings. The summed E-state index contributed by atoms with van der Waals surface area (Å²) in [6, 6.07) is 4.61. The Hall–Kier alpha value is -3.30. The largest absolute Gasteiger partial charge is 0.393 e. The Morgan fingerprint density at radius 1 is 1.28 bits per heavy atom. The minimum Gasteiger partial charge on any atom is -0.383 e. The van der Waals surface area contributed by atoms with Gasteiger partial charge >= 0.3 is 6.18 Å². The molecule has 1 aliphatic heterocycles. The number of hydrogen-bond donors (Lipinski definition) is 3. The zero-order chi connectivity index (χ0) is 28.5. The molecule has 3 heterocycles. The molecule has 1 amide bonds. The van der Waals surface area contributed by atoms with E-state index in [0.717, 1.165) is 17.9 Å². The van der Waals surface area contributed by atoms with Gasteiger partial charge in [0.2, 0.25) is 0 Å². The third-order valence-corrected chi connectivity index (χ3v) is 7.70. The molecule has 2 atom stereocenters. The highest BCUT2D eigenvalue weighted by atomic mass is 32.1. The SMILES string of the molecule is CN1CC[C@@H](Nc2cccc3c(CC(F)(F)F)c(C#CCNC(=O)c4cnn(C(C)(C)C)c4N)sc23)[C@@H](F)C1. The molecule has 4 N–H and O–H groups in total. The van der Waals surface area contributed by atoms with Gasteiger partial charge in [0, 0.05) is 13.1 Å². The predicted octanol–water partition coefficient (Wildman–Crippen LogP) is 4.78. The Bertz CT molecular complexity index is 1410. The van der Waals surface area contributed by atoms with Gasteiger partial charge in [0.25, 0.3) is 5.91 Å². The smallest absolute Gasteiger partial charge is 0.383 e. The van der Waals surface area contributed by atoms with Crippen LogP contribution in [0.1, 0.15) is 48.0 Å². The number of rotatable bonds is 5. The molecule has 0 bridgehead atoms. The summed E-state index contributed by atoms with van der Waals surface area (Å²) < 4.78 is 57.3. The number of nitrogens with zero attached hydrogens (tertiary/aromatic N) is 3. The van der Waals surface area contributed by atoms with Crippen molar-refractivity contribution in [3.05, 3.63) is 40.4 Å². The number of aromatic nitrogens is 2. The number of halogens is 4. The zero-order valence-corrected chi connectivity index (χ0v) is 23.1. The van der Waals surface area contributed by atoms with E-state index in [1.165, 1.54) is 10.9 Å². The highest BCUT2D eigenvalue weighted by Gasteiger charge is 2.32. The van der Waals surface area contributed by atoms with Crippen LogP contribution in [-0.2, 0) is 12.0 Å². The van der Waals surface area contributed by atoms with Crippen molar-refractivity contribution in [2.75, 3.05) is 37.7 Å². The number of benzene rings is 1. The second-order valence-corrected chi connectivity index (χ2v) is 11.7. The monoisotopic (exact) mass is 564 g/mol. The van der Waals surface area contributed by atoms with E-state index in [4.69, 9.17) is 5.73 Å². The first-order valence-electron chi connectivity index (χ1n) is 12.6. The fraction of sp³-hybridized carbons (Fsp3) is 0.481. The van der Waals surface area contributed by atoms with Crippen molar-refractivity contribution >= 4 is 38.8 Å². The maximum absolute atomic E-state index is 14.6. The fourth-order valence-corrected chi connectivity index (χ4v) is 5.76. The van der Waals surface area contributed by atoms with Crippen molar-refractivity contribution in [2.24, 2.45) is 0 Å². The number of thiophene rings is 1. The molecule has 12 heteroatoms. The number of carbonyl (C=O) groups is 1. The van der Waals surface area contributed by atoms with E-state index < -0.39 is 36.3 Å². The van der Waals surface area contributed by atoms with Gasteiger partial charge in [-0.25, -0.2) is 9.07 Å². The van der Waals surface area contributed by atoms with Crippen molar-refractivity contribution in [1.29, 1.82) is 0 Å². The van der Waals surface area contributed by atoms with E-state index in [1.807, 2.05) is 32.7 Å². The first kappa shape index (κ1) is 28.7. The van der Waals surface area contributed by atoms with Gasteiger partial charge in [0.05, 0.1) is 46.0 Å². The molecule has 0 unspecified atom stereocenters. The number of piperidine rings is 1. The van der Waals surface area contributed by atoms with Crippen LogP contribution in [0.2, 0.25) is 0 Å². The van der Waals surface area contributed by atoms with Crippen LogP contribution in [-0.4, -0.2) is 65.7 Å². The van der Waals surface area contributed by atoms with Crippen molar-refractivity contribution in [2.45, 2.75) is 57.5 Å². The molecule has 0 spiro atoms. The van der Waals surface area contributed by atoms with Crippen molar-refractivity contribution in [3.8, 4) is 11.8 Å². The molecule has 0 saturated carbocycles. The van der Waals surface area contributed by atoms with Crippen LogP contribution in [0.25, 0.3) is 10.1 Å². The summed E-state index contributed by atoms with van der Waals surface area (Å²) in [7, 11) is 1.85. The van der Waals surface area contributed by atoms with Crippen LogP contribution in [0.15, 0.2) is 24.4 Å². The number of nitrogens with two attached hydrogens (primary N) is 1. The molecule has 1 saturated heterocycles. The lowest BCUT2D eigenvalue weighted by Gasteiger charge is -2.33. The van der Waals surface area contributed by atoms with Gasteiger partial charge in [-0.05, 0) is 51.3 Å². The quantitative estimate of drug-likeness (QED) is 0.307. The lowest BCUT2D eigenvalue weighted by molar-refractivity contribution is -0.126. The lowest BCUT2D eigenvalue weighted by atomic mass is 10.0. The topological polar surface area (TPSA) is 88.2 Å². The number of hydrogen-bond acceptors (Lipinski definition) is 6. The van der Waals surface area contributed by atoms with Crippen LogP contribution in [0, 0.1) is 11.8 Å². The van der Waals surface area contributed by atoms with E-state index in [2.05, 4.69) is 27.6 Å². The highest BCUT2D eigenvalue weighted by Crippen LogP contribution is 2.39. The van der Waals surface area contributed by atoms with Gasteiger partial charge in [0.15, 0.2) is 0 Å². The molecule has 3 aromatic rings. The Labute approximate surface area is 228 Å². The maximum atomic E-state index is 14.6. The van der Waals surface area contributed by atoms with Gasteiger partial charge in [-0.15, -0.1) is 11.3 Å². The second kappa shape index (κ2) is 11.1. The summed E-state index contributed by atoms with van der Waals surface area (Å²) in [5, 5.41) is 10.4. The normalized spacial score (nSPS) is 18.6. The van der Waals surface area contributed by atoms with Crippen LogP contribution >= 0.6 is 11.3 Å². The van der Waals surface area contributed by atoms with Crippen LogP contribution in [0.4, 0.5) is 29.1 Å². The summed E-state index contributed by atoms with van der Waals surface area (Å²) in [6.45, 7) is 6.63. The minimum atomic E-state index is -4.44. The van der Waals surface area contributed by atoms with E-state index in [9.17, 15) is 22.4 Å². The first-order chi connectivity index (χ1) is 18.2. The number of amides is 1. The predicted molar refractivity (Wildman–Crippen MR) is 147 cm³/mol. The van der Waals surface area contributed by atoms with Gasteiger partial charge in [-0.3, -0.25) is 4.79 Å². The van der Waals surface area contributed by atoms with E-state index in [1.54, 1.807) is 18.2 Å². The molecule has 0 aliphatic carbocycles.